The van der Waals surface area contributed by atoms with E-state index in [2.05, 4.69) is 154 Å². The largest absolute Gasteiger partial charge is 1.00 e. The predicted molar refractivity (Wildman–Crippen MR) is 211 cm³/mol. The first-order valence-corrected chi connectivity index (χ1v) is 22.6. The van der Waals surface area contributed by atoms with Crippen LogP contribution in [0.15, 0.2) is 106 Å². The topological polar surface area (TPSA) is 0 Å². The van der Waals surface area contributed by atoms with E-state index in [4.69, 9.17) is 23.2 Å². The summed E-state index contributed by atoms with van der Waals surface area (Å²) in [5, 5.41) is 1.55. The molecule has 0 aromatic heterocycles. The van der Waals surface area contributed by atoms with Crippen LogP contribution >= 0.6 is 23.2 Å². The van der Waals surface area contributed by atoms with Crippen molar-refractivity contribution >= 4 is 26.4 Å². The van der Waals surface area contributed by atoms with Crippen LogP contribution in [0.3, 0.4) is 0 Å². The molecule has 0 fully saturated rings. The molecule has 0 radical (unpaired) electrons. The molecule has 2 aliphatic carbocycles. The normalized spacial score (nSPS) is 15.5. The molecule has 0 aliphatic heterocycles. The van der Waals surface area contributed by atoms with Crippen molar-refractivity contribution in [2.24, 2.45) is 11.3 Å². The molecule has 1 unspecified atom stereocenters. The summed E-state index contributed by atoms with van der Waals surface area (Å²) in [7, 11) is 0. The van der Waals surface area contributed by atoms with Gasteiger partial charge in [0.15, 0.2) is 0 Å². The molecule has 1 atom stereocenters. The second kappa shape index (κ2) is 15.9. The van der Waals surface area contributed by atoms with Gasteiger partial charge in [-0.1, -0.05) is 0 Å². The first-order valence-electron chi connectivity index (χ1n) is 18.0. The number of halogens is 4. The van der Waals surface area contributed by atoms with Gasteiger partial charge in [0, 0.05) is 0 Å². The van der Waals surface area contributed by atoms with Crippen LogP contribution in [-0.2, 0) is 32.1 Å². The number of fused-ring (bicyclic) bond motifs is 3. The van der Waals surface area contributed by atoms with Crippen molar-refractivity contribution in [1.29, 1.82) is 0 Å². The standard InChI is InChI=1S/C21H25.C13H8Cl2.C12H19.2ClH.Zr/c1-20(2,3)16-7-9-18-14(12-16)11-15-13-17(21(4,5)6)8-10-19(15)18;14-12-5-1-3-10(8-12)7-11-4-2-6-13(15)9-11;1-5-6-10-7-8-11(9-10)12(2,3)4;;;/h7-13H,1-6H3;1-6,8-9H;8-10H,5-6H2,1-4H3;2*1H;/q;;;;;+2/p-2. The van der Waals surface area contributed by atoms with Crippen LogP contribution in [0.5, 0.6) is 0 Å². The number of rotatable bonds is 6. The molecule has 2 aliphatic rings. The number of benzene rings is 4. The van der Waals surface area contributed by atoms with Gasteiger partial charge >= 0.3 is 316 Å². The maximum absolute atomic E-state index is 6.85. The summed E-state index contributed by atoms with van der Waals surface area (Å²) < 4.78 is 3.47. The zero-order chi connectivity index (χ0) is 35.5. The van der Waals surface area contributed by atoms with Gasteiger partial charge in [-0.15, -0.1) is 0 Å². The van der Waals surface area contributed by atoms with Gasteiger partial charge in [0.05, 0.1) is 0 Å². The van der Waals surface area contributed by atoms with Crippen LogP contribution in [0.4, 0.5) is 0 Å². The average Bonchev–Trinajstić information content (AvgIpc) is 3.58. The van der Waals surface area contributed by atoms with Crippen LogP contribution < -0.4 is 24.8 Å². The van der Waals surface area contributed by atoms with Crippen molar-refractivity contribution in [3.05, 3.63) is 149 Å². The Kier molecular flexibility index (Phi) is 13.1. The van der Waals surface area contributed by atoms with Gasteiger partial charge in [-0.2, -0.15) is 0 Å². The molecule has 0 spiro atoms. The minimum absolute atomic E-state index is 0. The summed E-state index contributed by atoms with van der Waals surface area (Å²) in [4.78, 5) is 0. The average molecular weight is 838 g/mol. The molecule has 4 aromatic carbocycles. The molecule has 0 saturated heterocycles. The number of allylic oxidation sites excluding steroid dienone is 4. The van der Waals surface area contributed by atoms with Crippen LogP contribution in [-0.4, -0.2) is 3.21 Å². The fraction of sp³-hybridized carbons (Fsp3) is 0.370. The Bertz CT molecular complexity index is 1900. The third-order valence-corrected chi connectivity index (χ3v) is 19.4. The van der Waals surface area contributed by atoms with E-state index in [-0.39, 0.29) is 41.1 Å². The van der Waals surface area contributed by atoms with E-state index in [0.717, 1.165) is 22.9 Å². The molecule has 5 heteroatoms. The smallest absolute Gasteiger partial charge is 1.00 e. The quantitative estimate of drug-likeness (QED) is 0.186. The molecular weight excluding hydrogens is 786 g/mol. The minimum Gasteiger partial charge on any atom is -1.00 e. The molecular formula is C46H52Cl4Zr. The summed E-state index contributed by atoms with van der Waals surface area (Å²) in [6.45, 7) is 23.5. The van der Waals surface area contributed by atoms with Crippen molar-refractivity contribution in [3.8, 4) is 11.1 Å². The van der Waals surface area contributed by atoms with Crippen molar-refractivity contribution in [2.75, 3.05) is 0 Å². The summed E-state index contributed by atoms with van der Waals surface area (Å²) in [6.07, 6.45) is 7.59. The summed E-state index contributed by atoms with van der Waals surface area (Å²) >= 11 is 10.6. The molecule has 0 amide bonds. The van der Waals surface area contributed by atoms with Gasteiger partial charge in [0.25, 0.3) is 0 Å². The van der Waals surface area contributed by atoms with Gasteiger partial charge in [-0.25, -0.2) is 0 Å². The first-order chi connectivity index (χ1) is 23.0. The zero-order valence-electron chi connectivity index (χ0n) is 31.8. The van der Waals surface area contributed by atoms with Gasteiger partial charge in [-0.3, -0.25) is 0 Å². The maximum Gasteiger partial charge on any atom is -1.00 e. The van der Waals surface area contributed by atoms with Crippen LogP contribution in [0.25, 0.3) is 11.1 Å². The number of hydrogen-bond acceptors (Lipinski definition) is 0. The summed E-state index contributed by atoms with van der Waals surface area (Å²) in [6, 6.07) is 32.0. The van der Waals surface area contributed by atoms with E-state index in [1.807, 2.05) is 12.1 Å². The monoisotopic (exact) mass is 834 g/mol. The first kappa shape index (κ1) is 42.0. The van der Waals surface area contributed by atoms with Gasteiger partial charge < -0.3 is 24.8 Å². The Morgan fingerprint density at radius 1 is 0.627 bits per heavy atom. The molecule has 268 valence electrons. The molecule has 0 heterocycles. The minimum atomic E-state index is -3.08. The zero-order valence-corrected chi connectivity index (χ0v) is 37.3. The molecule has 0 saturated carbocycles. The van der Waals surface area contributed by atoms with Crippen molar-refractivity contribution in [3.63, 3.8) is 0 Å². The van der Waals surface area contributed by atoms with Gasteiger partial charge in [0.2, 0.25) is 0 Å². The van der Waals surface area contributed by atoms with Gasteiger partial charge in [0.1, 0.15) is 0 Å². The second-order valence-corrected chi connectivity index (χ2v) is 24.2. The van der Waals surface area contributed by atoms with Crippen molar-refractivity contribution in [2.45, 2.75) is 96.5 Å². The molecule has 51 heavy (non-hydrogen) atoms. The fourth-order valence-electron chi connectivity index (χ4n) is 7.65. The molecule has 6 rings (SSSR count). The molecule has 0 N–H and O–H groups in total. The maximum atomic E-state index is 6.85. The molecule has 4 aromatic rings. The van der Waals surface area contributed by atoms with Crippen molar-refractivity contribution in [1.82, 2.24) is 0 Å². The van der Waals surface area contributed by atoms with E-state index in [9.17, 15) is 0 Å². The van der Waals surface area contributed by atoms with Crippen LogP contribution in [0.1, 0.15) is 119 Å². The SMILES string of the molecule is CCCC1C=C(C(C)(C)C)C=[C]1[Zr+2](=[C](c1cccc(Cl)c1)c1cccc(Cl)c1)[CH]1c2cc(C(C)(C)C)ccc2-c2ccc(C(C)(C)C)cc21.[Cl-].[Cl-]. The third-order valence-electron chi connectivity index (χ3n) is 10.4. The Morgan fingerprint density at radius 3 is 1.49 bits per heavy atom. The molecule has 0 nitrogen and oxygen atoms in total. The second-order valence-electron chi connectivity index (χ2n) is 17.2. The predicted octanol–water partition coefficient (Wildman–Crippen LogP) is 7.84. The van der Waals surface area contributed by atoms with E-state index in [1.54, 1.807) is 3.28 Å². The van der Waals surface area contributed by atoms with Crippen LogP contribution in [0, 0.1) is 11.3 Å². The van der Waals surface area contributed by atoms with Gasteiger partial charge in [-0.05, 0) is 0 Å². The Hall–Kier alpha value is -1.73. The summed E-state index contributed by atoms with van der Waals surface area (Å²) in [5.74, 6) is 0.422. The van der Waals surface area contributed by atoms with Crippen molar-refractivity contribution < 1.29 is 46.1 Å². The Morgan fingerprint density at radius 2 is 1.10 bits per heavy atom. The van der Waals surface area contributed by atoms with Crippen LogP contribution in [0.2, 0.25) is 10.0 Å². The van der Waals surface area contributed by atoms with E-state index < -0.39 is 21.3 Å². The molecule has 0 bridgehead atoms. The fourth-order valence-corrected chi connectivity index (χ4v) is 17.6. The third kappa shape index (κ3) is 8.66. The number of hydrogen-bond donors (Lipinski definition) is 0. The summed E-state index contributed by atoms with van der Waals surface area (Å²) in [5.41, 5.74) is 12.7. The van der Waals surface area contributed by atoms with E-state index >= 15 is 0 Å². The van der Waals surface area contributed by atoms with E-state index in [1.165, 1.54) is 53.3 Å². The Labute approximate surface area is 338 Å². The van der Waals surface area contributed by atoms with E-state index in [0.29, 0.717) is 9.54 Å². The Balaban J connectivity index is 0.00000292.